The SMILES string of the molecule is CCOc1cc(Br)c(/C=C2/SC(=S)N(c3ccc(Cl)c(Cl)c3)C2=O)cc1OC. The molecule has 0 spiro atoms. The molecule has 1 aliphatic heterocycles. The Bertz CT molecular complexity index is 997. The Labute approximate surface area is 190 Å². The maximum absolute atomic E-state index is 13.0. The largest absolute Gasteiger partial charge is 0.493 e. The Morgan fingerprint density at radius 2 is 1.96 bits per heavy atom. The molecule has 0 aliphatic carbocycles. The molecule has 0 unspecified atom stereocenters. The minimum Gasteiger partial charge on any atom is -0.493 e. The number of ether oxygens (including phenoxy) is 2. The van der Waals surface area contributed by atoms with Gasteiger partial charge in [-0.1, -0.05) is 63.1 Å². The zero-order valence-corrected chi connectivity index (χ0v) is 19.5. The van der Waals surface area contributed by atoms with Crippen LogP contribution in [0.5, 0.6) is 11.5 Å². The van der Waals surface area contributed by atoms with Gasteiger partial charge in [0.05, 0.1) is 34.4 Å². The number of hydrogen-bond acceptors (Lipinski definition) is 5. The minimum absolute atomic E-state index is 0.229. The van der Waals surface area contributed by atoms with Crippen LogP contribution in [0.25, 0.3) is 6.08 Å². The van der Waals surface area contributed by atoms with Gasteiger partial charge in [-0.2, -0.15) is 0 Å². The van der Waals surface area contributed by atoms with E-state index in [4.69, 9.17) is 44.9 Å². The number of amides is 1. The first-order chi connectivity index (χ1) is 13.3. The number of nitrogens with zero attached hydrogens (tertiary/aromatic N) is 1. The lowest BCUT2D eigenvalue weighted by Crippen LogP contribution is -2.27. The molecule has 28 heavy (non-hydrogen) atoms. The van der Waals surface area contributed by atoms with Crippen molar-refractivity contribution >= 4 is 85.1 Å². The first kappa shape index (κ1) is 21.5. The van der Waals surface area contributed by atoms with E-state index in [1.54, 1.807) is 37.5 Å². The number of benzene rings is 2. The molecule has 0 saturated carbocycles. The molecule has 0 bridgehead atoms. The highest BCUT2D eigenvalue weighted by molar-refractivity contribution is 9.10. The molecule has 1 amide bonds. The molecule has 1 fully saturated rings. The van der Waals surface area contributed by atoms with E-state index in [1.807, 2.05) is 13.0 Å². The summed E-state index contributed by atoms with van der Waals surface area (Å²) in [5, 5.41) is 0.771. The number of methoxy groups -OCH3 is 1. The zero-order chi connectivity index (χ0) is 20.4. The predicted octanol–water partition coefficient (Wildman–Crippen LogP) is 6.57. The second-order valence-corrected chi connectivity index (χ2v) is 8.92. The monoisotopic (exact) mass is 517 g/mol. The molecule has 2 aromatic rings. The predicted molar refractivity (Wildman–Crippen MR) is 124 cm³/mol. The van der Waals surface area contributed by atoms with E-state index in [1.165, 1.54) is 16.7 Å². The maximum Gasteiger partial charge on any atom is 0.270 e. The van der Waals surface area contributed by atoms with Crippen LogP contribution in [-0.2, 0) is 4.79 Å². The van der Waals surface area contributed by atoms with Crippen LogP contribution < -0.4 is 14.4 Å². The van der Waals surface area contributed by atoms with E-state index in [-0.39, 0.29) is 5.91 Å². The molecule has 2 aromatic carbocycles. The third-order valence-corrected chi connectivity index (χ3v) is 6.55. The van der Waals surface area contributed by atoms with Gasteiger partial charge in [-0.15, -0.1) is 0 Å². The van der Waals surface area contributed by atoms with Crippen LogP contribution in [0.1, 0.15) is 12.5 Å². The molecule has 0 N–H and O–H groups in total. The fourth-order valence-electron chi connectivity index (χ4n) is 2.54. The average Bonchev–Trinajstić information content (AvgIpc) is 2.93. The van der Waals surface area contributed by atoms with Gasteiger partial charge in [-0.05, 0) is 48.9 Å². The first-order valence-corrected chi connectivity index (χ1v) is 10.9. The van der Waals surface area contributed by atoms with Crippen LogP contribution >= 0.6 is 63.1 Å². The number of carbonyl (C=O) groups excluding carboxylic acids is 1. The molecular formula is C19H14BrCl2NO3S2. The Morgan fingerprint density at radius 1 is 1.21 bits per heavy atom. The number of halogens is 3. The van der Waals surface area contributed by atoms with Crippen molar-refractivity contribution in [1.29, 1.82) is 0 Å². The zero-order valence-electron chi connectivity index (χ0n) is 14.8. The molecule has 146 valence electrons. The Hall–Kier alpha value is -1.25. The van der Waals surface area contributed by atoms with Crippen LogP contribution in [0.2, 0.25) is 10.0 Å². The molecule has 4 nitrogen and oxygen atoms in total. The van der Waals surface area contributed by atoms with Gasteiger partial charge in [-0.25, -0.2) is 0 Å². The lowest BCUT2D eigenvalue weighted by atomic mass is 10.1. The van der Waals surface area contributed by atoms with Gasteiger partial charge in [0.25, 0.3) is 5.91 Å². The third kappa shape index (κ3) is 4.33. The average molecular weight is 519 g/mol. The number of carbonyl (C=O) groups is 1. The van der Waals surface area contributed by atoms with Gasteiger partial charge in [0.2, 0.25) is 0 Å². The summed E-state index contributed by atoms with van der Waals surface area (Å²) in [6.07, 6.45) is 1.76. The van der Waals surface area contributed by atoms with E-state index in [2.05, 4.69) is 15.9 Å². The lowest BCUT2D eigenvalue weighted by molar-refractivity contribution is -0.113. The summed E-state index contributed by atoms with van der Waals surface area (Å²) >= 11 is 22.2. The summed E-state index contributed by atoms with van der Waals surface area (Å²) in [6.45, 7) is 2.42. The number of hydrogen-bond donors (Lipinski definition) is 0. The smallest absolute Gasteiger partial charge is 0.270 e. The molecule has 1 saturated heterocycles. The summed E-state index contributed by atoms with van der Waals surface area (Å²) in [5.74, 6) is 0.974. The molecule has 0 aromatic heterocycles. The van der Waals surface area contributed by atoms with Crippen molar-refractivity contribution in [3.8, 4) is 11.5 Å². The van der Waals surface area contributed by atoms with E-state index >= 15 is 0 Å². The normalized spacial score (nSPS) is 15.5. The quantitative estimate of drug-likeness (QED) is 0.330. The number of anilines is 1. The number of thioether (sulfide) groups is 1. The Kier molecular flexibility index (Phi) is 6.94. The van der Waals surface area contributed by atoms with Crippen molar-refractivity contribution in [3.63, 3.8) is 0 Å². The highest BCUT2D eigenvalue weighted by atomic mass is 79.9. The molecule has 9 heteroatoms. The number of thiocarbonyl (C=S) groups is 1. The van der Waals surface area contributed by atoms with Crippen LogP contribution in [0.3, 0.4) is 0 Å². The second kappa shape index (κ2) is 9.05. The van der Waals surface area contributed by atoms with Gasteiger partial charge in [0.15, 0.2) is 15.8 Å². The fraction of sp³-hybridized carbons (Fsp3) is 0.158. The molecule has 3 rings (SSSR count). The van der Waals surface area contributed by atoms with Crippen molar-refractivity contribution in [1.82, 2.24) is 0 Å². The highest BCUT2D eigenvalue weighted by Gasteiger charge is 2.33. The van der Waals surface area contributed by atoms with E-state index in [9.17, 15) is 4.79 Å². The minimum atomic E-state index is -0.229. The van der Waals surface area contributed by atoms with Crippen LogP contribution in [0, 0.1) is 0 Å². The standard InChI is InChI=1S/C19H14BrCl2NO3S2/c1-3-26-16-9-12(20)10(6-15(16)25-2)7-17-18(24)23(19(27)28-17)11-4-5-13(21)14(22)8-11/h4-9H,3H2,1-2H3/b17-7+. The lowest BCUT2D eigenvalue weighted by Gasteiger charge is -2.15. The highest BCUT2D eigenvalue weighted by Crippen LogP contribution is 2.40. The molecular weight excluding hydrogens is 505 g/mol. The summed E-state index contributed by atoms with van der Waals surface area (Å²) in [5.41, 5.74) is 1.35. The van der Waals surface area contributed by atoms with Gasteiger partial charge in [0.1, 0.15) is 0 Å². The van der Waals surface area contributed by atoms with E-state index in [0.717, 1.165) is 10.0 Å². The van der Waals surface area contributed by atoms with Gasteiger partial charge in [0, 0.05) is 4.47 Å². The molecule has 0 atom stereocenters. The van der Waals surface area contributed by atoms with Crippen molar-refractivity contribution < 1.29 is 14.3 Å². The van der Waals surface area contributed by atoms with Crippen molar-refractivity contribution in [3.05, 3.63) is 55.3 Å². The summed E-state index contributed by atoms with van der Waals surface area (Å²) in [6, 6.07) is 8.58. The number of rotatable bonds is 5. The van der Waals surface area contributed by atoms with Gasteiger partial charge < -0.3 is 9.47 Å². The molecule has 1 heterocycles. The molecule has 1 aliphatic rings. The van der Waals surface area contributed by atoms with E-state index in [0.29, 0.717) is 43.1 Å². The summed E-state index contributed by atoms with van der Waals surface area (Å²) < 4.78 is 12.2. The van der Waals surface area contributed by atoms with Gasteiger partial charge in [-0.3, -0.25) is 9.69 Å². The second-order valence-electron chi connectivity index (χ2n) is 5.57. The summed E-state index contributed by atoms with van der Waals surface area (Å²) in [4.78, 5) is 14.9. The van der Waals surface area contributed by atoms with E-state index < -0.39 is 0 Å². The maximum atomic E-state index is 13.0. The van der Waals surface area contributed by atoms with Crippen molar-refractivity contribution in [2.24, 2.45) is 0 Å². The van der Waals surface area contributed by atoms with Crippen LogP contribution in [0.15, 0.2) is 39.7 Å². The fourth-order valence-corrected chi connectivity index (χ4v) is 4.56. The topological polar surface area (TPSA) is 38.8 Å². The summed E-state index contributed by atoms with van der Waals surface area (Å²) in [7, 11) is 1.57. The Balaban J connectivity index is 1.96. The third-order valence-electron chi connectivity index (χ3n) is 3.82. The molecule has 0 radical (unpaired) electrons. The van der Waals surface area contributed by atoms with Crippen LogP contribution in [-0.4, -0.2) is 23.9 Å². The van der Waals surface area contributed by atoms with Gasteiger partial charge >= 0.3 is 0 Å². The van der Waals surface area contributed by atoms with Crippen molar-refractivity contribution in [2.45, 2.75) is 6.92 Å². The first-order valence-electron chi connectivity index (χ1n) is 8.09. The van der Waals surface area contributed by atoms with Crippen molar-refractivity contribution in [2.75, 3.05) is 18.6 Å². The van der Waals surface area contributed by atoms with Crippen LogP contribution in [0.4, 0.5) is 5.69 Å². The Morgan fingerprint density at radius 3 is 2.61 bits per heavy atom.